The molecule has 2 nitrogen and oxygen atoms in total. The Morgan fingerprint density at radius 2 is 2.24 bits per heavy atom. The molecule has 1 saturated heterocycles. The highest BCUT2D eigenvalue weighted by atomic mass is 35.5. The molecule has 2 fully saturated rings. The van der Waals surface area contributed by atoms with Gasteiger partial charge in [0.05, 0.1) is 9.94 Å². The Morgan fingerprint density at radius 3 is 2.90 bits per heavy atom. The number of ether oxygens (including phenoxy) is 1. The van der Waals surface area contributed by atoms with E-state index < -0.39 is 0 Å². The minimum Gasteiger partial charge on any atom is -0.375 e. The smallest absolute Gasteiger partial charge is 0.0931 e. The van der Waals surface area contributed by atoms with Crippen molar-refractivity contribution < 1.29 is 4.74 Å². The zero-order valence-electron chi connectivity index (χ0n) is 12.9. The van der Waals surface area contributed by atoms with Gasteiger partial charge in [-0.25, -0.2) is 0 Å². The lowest BCUT2D eigenvalue weighted by molar-refractivity contribution is -0.0980. The molecule has 1 spiro atoms. The third-order valence-corrected chi connectivity index (χ3v) is 6.35. The van der Waals surface area contributed by atoms with Crippen LogP contribution >= 0.6 is 22.9 Å². The lowest BCUT2D eigenvalue weighted by atomic mass is 9.80. The van der Waals surface area contributed by atoms with Gasteiger partial charge in [-0.05, 0) is 56.7 Å². The topological polar surface area (TPSA) is 21.3 Å². The van der Waals surface area contributed by atoms with Gasteiger partial charge < -0.3 is 10.1 Å². The SMILES string of the molecule is CCCNC(c1ccc(Cl)s1)C1CCOC2(CCCC2)C1. The van der Waals surface area contributed by atoms with Gasteiger partial charge in [-0.15, -0.1) is 11.3 Å². The van der Waals surface area contributed by atoms with Crippen molar-refractivity contribution in [2.24, 2.45) is 5.92 Å². The van der Waals surface area contributed by atoms with Gasteiger partial charge >= 0.3 is 0 Å². The second-order valence-electron chi connectivity index (χ2n) is 6.57. The molecule has 1 aliphatic carbocycles. The number of nitrogens with one attached hydrogen (secondary N) is 1. The van der Waals surface area contributed by atoms with Gasteiger partial charge in [-0.1, -0.05) is 31.4 Å². The lowest BCUT2D eigenvalue weighted by Gasteiger charge is -2.41. The molecule has 1 aliphatic heterocycles. The first-order chi connectivity index (χ1) is 10.2. The Morgan fingerprint density at radius 1 is 1.43 bits per heavy atom. The molecule has 3 rings (SSSR count). The van der Waals surface area contributed by atoms with Crippen molar-refractivity contribution in [3.63, 3.8) is 0 Å². The van der Waals surface area contributed by atoms with Crippen molar-refractivity contribution >= 4 is 22.9 Å². The van der Waals surface area contributed by atoms with E-state index in [0.717, 1.165) is 17.5 Å². The molecule has 21 heavy (non-hydrogen) atoms. The Balaban J connectivity index is 1.75. The van der Waals surface area contributed by atoms with Crippen LogP contribution in [0.2, 0.25) is 4.34 Å². The minimum atomic E-state index is 0.191. The molecule has 0 aromatic carbocycles. The number of hydrogen-bond donors (Lipinski definition) is 1. The van der Waals surface area contributed by atoms with E-state index in [2.05, 4.69) is 18.3 Å². The van der Waals surface area contributed by atoms with Gasteiger partial charge in [0.15, 0.2) is 0 Å². The van der Waals surface area contributed by atoms with Crippen molar-refractivity contribution in [3.05, 3.63) is 21.3 Å². The van der Waals surface area contributed by atoms with Crippen LogP contribution in [0.5, 0.6) is 0 Å². The van der Waals surface area contributed by atoms with Gasteiger partial charge in [-0.2, -0.15) is 0 Å². The summed E-state index contributed by atoms with van der Waals surface area (Å²) in [6.45, 7) is 4.23. The summed E-state index contributed by atoms with van der Waals surface area (Å²) in [4.78, 5) is 1.40. The van der Waals surface area contributed by atoms with Crippen molar-refractivity contribution in [2.75, 3.05) is 13.2 Å². The van der Waals surface area contributed by atoms with Crippen LogP contribution in [0.25, 0.3) is 0 Å². The van der Waals surface area contributed by atoms with Gasteiger partial charge in [0.25, 0.3) is 0 Å². The molecule has 4 heteroatoms. The van der Waals surface area contributed by atoms with Crippen LogP contribution in [0.4, 0.5) is 0 Å². The molecule has 1 aromatic heterocycles. The van der Waals surface area contributed by atoms with Gasteiger partial charge in [-0.3, -0.25) is 0 Å². The normalized spacial score (nSPS) is 26.3. The van der Waals surface area contributed by atoms with Crippen LogP contribution < -0.4 is 5.32 Å². The summed E-state index contributed by atoms with van der Waals surface area (Å²) in [5, 5.41) is 3.77. The van der Waals surface area contributed by atoms with Crippen molar-refractivity contribution in [1.82, 2.24) is 5.32 Å². The number of hydrogen-bond acceptors (Lipinski definition) is 3. The number of rotatable bonds is 5. The molecule has 2 atom stereocenters. The summed E-state index contributed by atoms with van der Waals surface area (Å²) >= 11 is 7.90. The largest absolute Gasteiger partial charge is 0.375 e. The highest BCUT2D eigenvalue weighted by molar-refractivity contribution is 7.16. The highest BCUT2D eigenvalue weighted by Gasteiger charge is 2.42. The Kier molecular flexibility index (Phi) is 5.26. The van der Waals surface area contributed by atoms with E-state index in [9.17, 15) is 0 Å². The summed E-state index contributed by atoms with van der Waals surface area (Å²) in [6.07, 6.45) is 8.74. The van der Waals surface area contributed by atoms with E-state index in [-0.39, 0.29) is 5.60 Å². The molecular weight excluding hydrogens is 302 g/mol. The highest BCUT2D eigenvalue weighted by Crippen LogP contribution is 2.46. The van der Waals surface area contributed by atoms with Gasteiger partial charge in [0.1, 0.15) is 0 Å². The predicted molar refractivity (Wildman–Crippen MR) is 90.2 cm³/mol. The Hall–Kier alpha value is -0.0900. The predicted octanol–water partition coefficient (Wildman–Crippen LogP) is 5.18. The first kappa shape index (κ1) is 15.8. The maximum atomic E-state index is 6.20. The van der Waals surface area contributed by atoms with Crippen molar-refractivity contribution in [3.8, 4) is 0 Å². The summed E-state index contributed by atoms with van der Waals surface area (Å²) in [5.74, 6) is 0.679. The standard InChI is InChI=1S/C17H26ClNOS/c1-2-10-19-16(14-5-6-15(18)21-14)13-7-11-20-17(12-13)8-3-4-9-17/h5-6,13,16,19H,2-4,7-12H2,1H3. The third-order valence-electron chi connectivity index (χ3n) is 5.03. The van der Waals surface area contributed by atoms with E-state index in [4.69, 9.17) is 16.3 Å². The zero-order valence-corrected chi connectivity index (χ0v) is 14.4. The van der Waals surface area contributed by atoms with Crippen LogP contribution in [0.3, 0.4) is 0 Å². The second-order valence-corrected chi connectivity index (χ2v) is 8.31. The molecular formula is C17H26ClNOS. The molecule has 2 unspecified atom stereocenters. The maximum Gasteiger partial charge on any atom is 0.0931 e. The van der Waals surface area contributed by atoms with Crippen molar-refractivity contribution in [1.29, 1.82) is 0 Å². The molecule has 1 aromatic rings. The minimum absolute atomic E-state index is 0.191. The summed E-state index contributed by atoms with van der Waals surface area (Å²) in [5.41, 5.74) is 0.191. The first-order valence-corrected chi connectivity index (χ1v) is 9.54. The fourth-order valence-electron chi connectivity index (χ4n) is 4.01. The fraction of sp³-hybridized carbons (Fsp3) is 0.765. The Bertz CT molecular complexity index is 455. The fourth-order valence-corrected chi connectivity index (χ4v) is 5.24. The van der Waals surface area contributed by atoms with E-state index in [1.54, 1.807) is 11.3 Å². The average molecular weight is 328 g/mol. The molecule has 2 aliphatic rings. The molecule has 118 valence electrons. The van der Waals surface area contributed by atoms with Crippen LogP contribution in [0, 0.1) is 5.92 Å². The second kappa shape index (κ2) is 6.99. The van der Waals surface area contributed by atoms with E-state index in [0.29, 0.717) is 12.0 Å². The zero-order chi connectivity index (χ0) is 14.7. The Labute approximate surface area is 137 Å². The summed E-state index contributed by atoms with van der Waals surface area (Å²) < 4.78 is 7.10. The lowest BCUT2D eigenvalue weighted by Crippen LogP contribution is -2.42. The van der Waals surface area contributed by atoms with Crippen LogP contribution in [-0.4, -0.2) is 18.8 Å². The third kappa shape index (κ3) is 3.64. The van der Waals surface area contributed by atoms with Crippen LogP contribution in [-0.2, 0) is 4.74 Å². The van der Waals surface area contributed by atoms with E-state index in [1.165, 1.54) is 49.8 Å². The maximum absolute atomic E-state index is 6.20. The van der Waals surface area contributed by atoms with E-state index in [1.807, 2.05) is 6.07 Å². The van der Waals surface area contributed by atoms with Gasteiger partial charge in [0, 0.05) is 17.5 Å². The molecule has 1 N–H and O–H groups in total. The number of halogens is 1. The van der Waals surface area contributed by atoms with Crippen LogP contribution in [0.1, 0.15) is 62.8 Å². The molecule has 1 saturated carbocycles. The average Bonchev–Trinajstić information content (AvgIpc) is 3.10. The molecule has 0 amide bonds. The summed E-state index contributed by atoms with van der Waals surface area (Å²) in [7, 11) is 0. The van der Waals surface area contributed by atoms with Crippen LogP contribution in [0.15, 0.2) is 12.1 Å². The molecule has 2 heterocycles. The monoisotopic (exact) mass is 327 g/mol. The van der Waals surface area contributed by atoms with Crippen molar-refractivity contribution in [2.45, 2.75) is 63.5 Å². The quantitative estimate of drug-likeness (QED) is 0.804. The van der Waals surface area contributed by atoms with E-state index >= 15 is 0 Å². The van der Waals surface area contributed by atoms with Gasteiger partial charge in [0.2, 0.25) is 0 Å². The molecule has 0 bridgehead atoms. The first-order valence-electron chi connectivity index (χ1n) is 8.35. The number of thiophene rings is 1. The summed E-state index contributed by atoms with van der Waals surface area (Å²) in [6, 6.07) is 4.69. The molecule has 0 radical (unpaired) electrons.